The Kier molecular flexibility index (Phi) is 8.66. The molecule has 220 valence electrons. The number of rotatable bonds is 8. The lowest BCUT2D eigenvalue weighted by atomic mass is 9.89. The molecule has 0 atom stereocenters. The van der Waals surface area contributed by atoms with Crippen molar-refractivity contribution in [3.63, 3.8) is 0 Å². The van der Waals surface area contributed by atoms with Gasteiger partial charge in [0.2, 0.25) is 5.95 Å². The molecule has 1 aromatic carbocycles. The van der Waals surface area contributed by atoms with Gasteiger partial charge in [0.15, 0.2) is 9.84 Å². The van der Waals surface area contributed by atoms with Crippen molar-refractivity contribution in [2.75, 3.05) is 31.6 Å². The average molecular weight is 602 g/mol. The molecule has 4 heterocycles. The van der Waals surface area contributed by atoms with Gasteiger partial charge in [0, 0.05) is 35.5 Å². The van der Waals surface area contributed by atoms with E-state index in [1.165, 1.54) is 6.07 Å². The Morgan fingerprint density at radius 1 is 1.12 bits per heavy atom. The summed E-state index contributed by atoms with van der Waals surface area (Å²) in [5.41, 5.74) is 3.73. The fourth-order valence-electron chi connectivity index (χ4n) is 5.11. The number of halogens is 2. The van der Waals surface area contributed by atoms with Gasteiger partial charge in [-0.2, -0.15) is 0 Å². The molecule has 41 heavy (non-hydrogen) atoms. The summed E-state index contributed by atoms with van der Waals surface area (Å²) in [5, 5.41) is 3.45. The molecular formula is C30H37ClFN5O3S. The molecule has 0 amide bonds. The second-order valence-corrected chi connectivity index (χ2v) is 15.2. The van der Waals surface area contributed by atoms with Gasteiger partial charge < -0.3 is 10.1 Å². The lowest BCUT2D eigenvalue weighted by molar-refractivity contribution is -0.0713. The Balaban J connectivity index is 1.27. The lowest BCUT2D eigenvalue weighted by Gasteiger charge is -2.41. The monoisotopic (exact) mass is 601 g/mol. The molecule has 8 nitrogen and oxygen atoms in total. The van der Waals surface area contributed by atoms with Gasteiger partial charge >= 0.3 is 0 Å². The van der Waals surface area contributed by atoms with E-state index in [1.807, 2.05) is 19.1 Å². The van der Waals surface area contributed by atoms with Crippen LogP contribution in [-0.2, 0) is 26.7 Å². The van der Waals surface area contributed by atoms with Crippen LogP contribution in [0.3, 0.4) is 0 Å². The van der Waals surface area contributed by atoms with Crippen LogP contribution in [0.4, 0.5) is 16.2 Å². The number of pyridine rings is 1. The summed E-state index contributed by atoms with van der Waals surface area (Å²) in [6.07, 6.45) is 5.59. The molecule has 0 unspecified atom stereocenters. The van der Waals surface area contributed by atoms with E-state index < -0.39 is 14.6 Å². The number of sulfone groups is 1. The van der Waals surface area contributed by atoms with E-state index in [0.717, 1.165) is 56.0 Å². The Labute approximate surface area is 246 Å². The first-order valence-electron chi connectivity index (χ1n) is 14.0. The van der Waals surface area contributed by atoms with Gasteiger partial charge in [-0.25, -0.2) is 27.8 Å². The van der Waals surface area contributed by atoms with E-state index >= 15 is 4.39 Å². The molecule has 0 saturated carbocycles. The second kappa shape index (κ2) is 11.9. The minimum Gasteiger partial charge on any atom is -0.378 e. The molecule has 2 aromatic heterocycles. The predicted octanol–water partition coefficient (Wildman–Crippen LogP) is 5.60. The summed E-state index contributed by atoms with van der Waals surface area (Å²) in [6, 6.07) is 7.33. The lowest BCUT2D eigenvalue weighted by Crippen LogP contribution is -2.51. The number of piperidine rings is 1. The normalized spacial score (nSPS) is 17.4. The maximum absolute atomic E-state index is 15.2. The van der Waals surface area contributed by atoms with Crippen LogP contribution in [0.25, 0.3) is 0 Å². The summed E-state index contributed by atoms with van der Waals surface area (Å²) in [7, 11) is -3.40. The summed E-state index contributed by atoms with van der Waals surface area (Å²) in [4.78, 5) is 15.9. The average Bonchev–Trinajstić information content (AvgIpc) is 2.87. The van der Waals surface area contributed by atoms with Crippen molar-refractivity contribution in [2.45, 2.75) is 69.4 Å². The van der Waals surface area contributed by atoms with Crippen molar-refractivity contribution in [2.24, 2.45) is 0 Å². The first-order chi connectivity index (χ1) is 19.4. The third-order valence-electron chi connectivity index (χ3n) is 8.06. The van der Waals surface area contributed by atoms with Gasteiger partial charge in [0.1, 0.15) is 11.6 Å². The zero-order valence-electron chi connectivity index (χ0n) is 24.0. The molecule has 2 fully saturated rings. The highest BCUT2D eigenvalue weighted by molar-refractivity contribution is 7.91. The molecule has 3 aromatic rings. The Morgan fingerprint density at radius 3 is 2.49 bits per heavy atom. The maximum Gasteiger partial charge on any atom is 0.228 e. The van der Waals surface area contributed by atoms with Crippen molar-refractivity contribution in [1.82, 2.24) is 19.9 Å². The third-order valence-corrected chi connectivity index (χ3v) is 11.0. The van der Waals surface area contributed by atoms with Gasteiger partial charge in [-0.15, -0.1) is 0 Å². The standard InChI is InChI=1S/C30H37ClFN5O3S/c1-19-14-34-29(35-27(19)12-20-5-6-25(31)22(11-20)18-41(38,39)30(2,3)4)36-28-13-26(32)24(15-33-28)21-7-9-37(10-8-21)23-16-40-17-23/h5-6,11,13-15,21,23H,7-10,12,16-18H2,1-4H3,(H,33,34,35,36). The van der Waals surface area contributed by atoms with Gasteiger partial charge in [-0.1, -0.05) is 23.7 Å². The molecule has 0 bridgehead atoms. The second-order valence-electron chi connectivity index (χ2n) is 12.0. The van der Waals surface area contributed by atoms with Crippen molar-refractivity contribution in [1.29, 1.82) is 0 Å². The van der Waals surface area contributed by atoms with Gasteiger partial charge in [-0.05, 0) is 82.3 Å². The quantitative estimate of drug-likeness (QED) is 0.356. The molecule has 0 aliphatic carbocycles. The SMILES string of the molecule is Cc1cnc(Nc2cc(F)c(C3CCN(C4COC4)CC3)cn2)nc1Cc1ccc(Cl)c(CS(=O)(=O)C(C)(C)C)c1. The smallest absolute Gasteiger partial charge is 0.228 e. The zero-order valence-corrected chi connectivity index (χ0v) is 25.5. The van der Waals surface area contributed by atoms with E-state index in [1.54, 1.807) is 39.2 Å². The molecule has 2 saturated heterocycles. The highest BCUT2D eigenvalue weighted by Crippen LogP contribution is 2.32. The summed E-state index contributed by atoms with van der Waals surface area (Å²) in [6.45, 7) is 10.4. The van der Waals surface area contributed by atoms with Gasteiger partial charge in [0.25, 0.3) is 0 Å². The zero-order chi connectivity index (χ0) is 29.4. The van der Waals surface area contributed by atoms with Gasteiger partial charge in [-0.3, -0.25) is 4.90 Å². The van der Waals surface area contributed by atoms with Crippen molar-refractivity contribution in [3.8, 4) is 0 Å². The number of benzene rings is 1. The highest BCUT2D eigenvalue weighted by Gasteiger charge is 2.31. The number of hydrogen-bond acceptors (Lipinski definition) is 8. The molecule has 11 heteroatoms. The fourth-order valence-corrected chi connectivity index (χ4v) is 6.46. The highest BCUT2D eigenvalue weighted by atomic mass is 35.5. The molecule has 0 radical (unpaired) electrons. The summed E-state index contributed by atoms with van der Waals surface area (Å²) >= 11 is 6.36. The van der Waals surface area contributed by atoms with E-state index in [-0.39, 0.29) is 17.5 Å². The molecule has 2 aliphatic heterocycles. The maximum atomic E-state index is 15.2. The van der Waals surface area contributed by atoms with Gasteiger partial charge in [0.05, 0.1) is 35.4 Å². The number of aryl methyl sites for hydroxylation is 1. The minimum atomic E-state index is -3.40. The topological polar surface area (TPSA) is 97.3 Å². The van der Waals surface area contributed by atoms with E-state index in [0.29, 0.717) is 40.4 Å². The summed E-state index contributed by atoms with van der Waals surface area (Å²) < 4.78 is 45.1. The van der Waals surface area contributed by atoms with Crippen molar-refractivity contribution in [3.05, 3.63) is 75.4 Å². The van der Waals surface area contributed by atoms with Crippen molar-refractivity contribution < 1.29 is 17.5 Å². The van der Waals surface area contributed by atoms with Crippen molar-refractivity contribution >= 4 is 33.2 Å². The number of ether oxygens (including phenoxy) is 1. The van der Waals surface area contributed by atoms with Crippen LogP contribution in [0.15, 0.2) is 36.7 Å². The van der Waals surface area contributed by atoms with Crippen LogP contribution in [0.1, 0.15) is 67.5 Å². The molecule has 5 rings (SSSR count). The molecular weight excluding hydrogens is 565 g/mol. The fraction of sp³-hybridized carbons (Fsp3) is 0.500. The minimum absolute atomic E-state index is 0.138. The summed E-state index contributed by atoms with van der Waals surface area (Å²) in [5.74, 6) is 0.385. The molecule has 2 aliphatic rings. The van der Waals surface area contributed by atoms with Crippen LogP contribution in [0.5, 0.6) is 0 Å². The number of aromatic nitrogens is 3. The number of nitrogens with one attached hydrogen (secondary N) is 1. The first-order valence-corrected chi connectivity index (χ1v) is 16.0. The van der Waals surface area contributed by atoms with E-state index in [2.05, 4.69) is 25.2 Å². The predicted molar refractivity (Wildman–Crippen MR) is 159 cm³/mol. The van der Waals surface area contributed by atoms with Crippen LogP contribution in [0, 0.1) is 12.7 Å². The number of likely N-dealkylation sites (tertiary alicyclic amines) is 1. The Morgan fingerprint density at radius 2 is 1.85 bits per heavy atom. The van der Waals surface area contributed by atoms with Crippen LogP contribution >= 0.6 is 11.6 Å². The third kappa shape index (κ3) is 6.88. The number of hydrogen-bond donors (Lipinski definition) is 1. The van der Waals surface area contributed by atoms with Crippen LogP contribution in [-0.4, -0.2) is 65.4 Å². The first kappa shape index (κ1) is 29.8. The Hall–Kier alpha value is -2.66. The van der Waals surface area contributed by atoms with Crippen LogP contribution < -0.4 is 5.32 Å². The number of anilines is 2. The largest absolute Gasteiger partial charge is 0.378 e. The van der Waals surface area contributed by atoms with E-state index in [4.69, 9.17) is 16.3 Å². The number of nitrogens with zero attached hydrogens (tertiary/aromatic N) is 4. The molecule has 1 N–H and O–H groups in total. The Bertz CT molecular complexity index is 1520. The van der Waals surface area contributed by atoms with E-state index in [9.17, 15) is 8.42 Å². The van der Waals surface area contributed by atoms with Crippen LogP contribution in [0.2, 0.25) is 5.02 Å². The molecule has 0 spiro atoms.